The number of nitrogens with zero attached hydrogens (tertiary/aromatic N) is 3. The molecule has 0 saturated heterocycles. The monoisotopic (exact) mass is 257 g/mol. The van der Waals surface area contributed by atoms with E-state index in [9.17, 15) is 0 Å². The van der Waals surface area contributed by atoms with Crippen LogP contribution in [0.3, 0.4) is 0 Å². The number of amidine groups is 1. The van der Waals surface area contributed by atoms with Crippen LogP contribution in [0.5, 0.6) is 0 Å². The third kappa shape index (κ3) is 3.30. The Hall–Kier alpha value is -0.870. The van der Waals surface area contributed by atoms with Crippen LogP contribution in [0.4, 0.5) is 0 Å². The predicted octanol–water partition coefficient (Wildman–Crippen LogP) is 2.99. The van der Waals surface area contributed by atoms with Crippen molar-refractivity contribution in [2.24, 2.45) is 9.98 Å². The van der Waals surface area contributed by atoms with E-state index in [4.69, 9.17) is 16.3 Å². The Kier molecular flexibility index (Phi) is 5.65. The van der Waals surface area contributed by atoms with Crippen molar-refractivity contribution in [3.63, 3.8) is 0 Å². The van der Waals surface area contributed by atoms with Gasteiger partial charge in [-0.1, -0.05) is 24.9 Å². The van der Waals surface area contributed by atoms with Crippen molar-refractivity contribution in [1.29, 1.82) is 0 Å². The zero-order chi connectivity index (χ0) is 12.8. The van der Waals surface area contributed by atoms with Gasteiger partial charge in [0.05, 0.1) is 6.34 Å². The quantitative estimate of drug-likeness (QED) is 0.759. The molecule has 0 aromatic rings. The minimum Gasteiger partial charge on any atom is -0.358 e. The first-order chi connectivity index (χ1) is 8.15. The summed E-state index contributed by atoms with van der Waals surface area (Å²) >= 11 is 6.00. The van der Waals surface area contributed by atoms with Gasteiger partial charge in [-0.05, 0) is 20.3 Å². The first-order valence-electron chi connectivity index (χ1n) is 5.93. The first kappa shape index (κ1) is 14.2. The Bertz CT molecular complexity index is 340. The van der Waals surface area contributed by atoms with Gasteiger partial charge in [-0.2, -0.15) is 0 Å². The lowest BCUT2D eigenvalue weighted by molar-refractivity contribution is 0.00425. The maximum Gasteiger partial charge on any atom is 0.158 e. The van der Waals surface area contributed by atoms with E-state index in [0.717, 1.165) is 24.4 Å². The second-order valence-electron chi connectivity index (χ2n) is 3.78. The molecule has 1 rings (SSSR count). The molecule has 1 heterocycles. The molecule has 5 heteroatoms. The minimum atomic E-state index is -0.0130. The fraction of sp³-hybridized carbons (Fsp3) is 0.667. The normalized spacial score (nSPS) is 22.4. The van der Waals surface area contributed by atoms with Crippen molar-refractivity contribution < 1.29 is 4.74 Å². The summed E-state index contributed by atoms with van der Waals surface area (Å²) in [6.07, 6.45) is 3.72. The fourth-order valence-electron chi connectivity index (χ4n) is 1.77. The Morgan fingerprint density at radius 1 is 1.59 bits per heavy atom. The Morgan fingerprint density at radius 2 is 2.29 bits per heavy atom. The van der Waals surface area contributed by atoms with E-state index in [1.807, 2.05) is 18.7 Å². The molecule has 1 aliphatic heterocycles. The van der Waals surface area contributed by atoms with Gasteiger partial charge >= 0.3 is 0 Å². The molecular formula is C12H20ClN3O. The summed E-state index contributed by atoms with van der Waals surface area (Å²) < 4.78 is 5.71. The Balaban J connectivity index is 2.92. The van der Waals surface area contributed by atoms with Crippen LogP contribution in [0.15, 0.2) is 20.7 Å². The summed E-state index contributed by atoms with van der Waals surface area (Å²) in [4.78, 5) is 10.5. The lowest BCUT2D eigenvalue weighted by atomic mass is 10.2. The summed E-state index contributed by atoms with van der Waals surface area (Å²) in [5.41, 5.74) is 0.731. The van der Waals surface area contributed by atoms with Gasteiger partial charge in [-0.15, -0.1) is 0 Å². The molecule has 0 aromatic heterocycles. The van der Waals surface area contributed by atoms with Gasteiger partial charge in [0.2, 0.25) is 0 Å². The summed E-state index contributed by atoms with van der Waals surface area (Å²) in [6.45, 7) is 6.61. The SMILES string of the molecule is CCCC(OCC)N1C=N/C(=C(/C)Cl)C1=NC. The van der Waals surface area contributed by atoms with Crippen LogP contribution >= 0.6 is 11.6 Å². The van der Waals surface area contributed by atoms with Crippen molar-refractivity contribution >= 4 is 23.8 Å². The van der Waals surface area contributed by atoms with Gasteiger partial charge in [0.15, 0.2) is 5.84 Å². The van der Waals surface area contributed by atoms with Crippen LogP contribution in [-0.2, 0) is 4.74 Å². The van der Waals surface area contributed by atoms with E-state index in [0.29, 0.717) is 11.6 Å². The molecule has 4 nitrogen and oxygen atoms in total. The van der Waals surface area contributed by atoms with Crippen molar-refractivity contribution in [2.75, 3.05) is 13.7 Å². The highest BCUT2D eigenvalue weighted by Gasteiger charge is 2.27. The van der Waals surface area contributed by atoms with Crippen LogP contribution in [0, 0.1) is 0 Å². The van der Waals surface area contributed by atoms with Crippen molar-refractivity contribution in [3.8, 4) is 0 Å². The molecule has 0 fully saturated rings. The van der Waals surface area contributed by atoms with Crippen LogP contribution in [-0.4, -0.2) is 37.0 Å². The second-order valence-corrected chi connectivity index (χ2v) is 4.35. The number of allylic oxidation sites excluding steroid dienone is 1. The smallest absolute Gasteiger partial charge is 0.158 e. The van der Waals surface area contributed by atoms with Crippen molar-refractivity contribution in [3.05, 3.63) is 10.7 Å². The number of ether oxygens (including phenoxy) is 1. The highest BCUT2D eigenvalue weighted by atomic mass is 35.5. The molecule has 0 saturated carbocycles. The van der Waals surface area contributed by atoms with Gasteiger partial charge in [-0.3, -0.25) is 9.89 Å². The fourth-order valence-corrected chi connectivity index (χ4v) is 1.91. The first-order valence-corrected chi connectivity index (χ1v) is 6.31. The lowest BCUT2D eigenvalue weighted by Gasteiger charge is -2.26. The van der Waals surface area contributed by atoms with Crippen molar-refractivity contribution in [2.45, 2.75) is 39.8 Å². The molecule has 0 bridgehead atoms. The number of hydrogen-bond acceptors (Lipinski definition) is 3. The number of hydrogen-bond donors (Lipinski definition) is 0. The van der Waals surface area contributed by atoms with E-state index in [1.165, 1.54) is 0 Å². The Morgan fingerprint density at radius 3 is 2.76 bits per heavy atom. The Labute approximate surface area is 108 Å². The van der Waals surface area contributed by atoms with Crippen LogP contribution in [0.2, 0.25) is 0 Å². The zero-order valence-corrected chi connectivity index (χ0v) is 11.7. The van der Waals surface area contributed by atoms with E-state index in [2.05, 4.69) is 16.9 Å². The van der Waals surface area contributed by atoms with Crippen LogP contribution < -0.4 is 0 Å². The molecule has 1 atom stereocenters. The molecule has 0 amide bonds. The molecule has 0 aromatic carbocycles. The average molecular weight is 258 g/mol. The summed E-state index contributed by atoms with van der Waals surface area (Å²) in [5, 5.41) is 0.649. The number of aliphatic imine (C=N–C) groups is 2. The highest BCUT2D eigenvalue weighted by Crippen LogP contribution is 2.22. The molecule has 0 spiro atoms. The molecule has 17 heavy (non-hydrogen) atoms. The minimum absolute atomic E-state index is 0.0130. The summed E-state index contributed by atoms with van der Waals surface area (Å²) in [6, 6.07) is 0. The largest absolute Gasteiger partial charge is 0.358 e. The third-order valence-corrected chi connectivity index (χ3v) is 2.69. The van der Waals surface area contributed by atoms with E-state index in [-0.39, 0.29) is 6.23 Å². The molecular weight excluding hydrogens is 238 g/mol. The van der Waals surface area contributed by atoms with Crippen LogP contribution in [0.1, 0.15) is 33.6 Å². The summed E-state index contributed by atoms with van der Waals surface area (Å²) in [5.74, 6) is 0.782. The van der Waals surface area contributed by atoms with Gasteiger partial charge < -0.3 is 4.74 Å². The predicted molar refractivity (Wildman–Crippen MR) is 72.6 cm³/mol. The number of rotatable bonds is 5. The van der Waals surface area contributed by atoms with Gasteiger partial charge in [0.25, 0.3) is 0 Å². The lowest BCUT2D eigenvalue weighted by Crippen LogP contribution is -2.38. The molecule has 96 valence electrons. The van der Waals surface area contributed by atoms with Crippen LogP contribution in [0.25, 0.3) is 0 Å². The topological polar surface area (TPSA) is 37.2 Å². The standard InChI is InChI=1S/C12H20ClN3O/c1-5-7-10(17-6-2)16-8-15-11(9(3)13)12(16)14-4/h8,10H,5-7H2,1-4H3/b11-9-,14-12?. The molecule has 0 N–H and O–H groups in total. The maximum absolute atomic E-state index is 6.00. The molecule has 0 radical (unpaired) electrons. The number of halogens is 1. The molecule has 1 unspecified atom stereocenters. The molecule has 1 aliphatic rings. The van der Waals surface area contributed by atoms with E-state index < -0.39 is 0 Å². The van der Waals surface area contributed by atoms with E-state index in [1.54, 1.807) is 13.4 Å². The van der Waals surface area contributed by atoms with E-state index >= 15 is 0 Å². The second kappa shape index (κ2) is 6.77. The van der Waals surface area contributed by atoms with Gasteiger partial charge in [0.1, 0.15) is 11.9 Å². The summed E-state index contributed by atoms with van der Waals surface area (Å²) in [7, 11) is 1.74. The van der Waals surface area contributed by atoms with Gasteiger partial charge in [0, 0.05) is 18.7 Å². The average Bonchev–Trinajstić information content (AvgIpc) is 2.72. The highest BCUT2D eigenvalue weighted by molar-refractivity contribution is 6.32. The van der Waals surface area contributed by atoms with Crippen molar-refractivity contribution in [1.82, 2.24) is 4.90 Å². The van der Waals surface area contributed by atoms with Gasteiger partial charge in [-0.25, -0.2) is 4.99 Å². The maximum atomic E-state index is 6.00. The zero-order valence-electron chi connectivity index (χ0n) is 10.9. The third-order valence-electron chi connectivity index (χ3n) is 2.51. The molecule has 0 aliphatic carbocycles.